The van der Waals surface area contributed by atoms with Crippen LogP contribution in [0.2, 0.25) is 0 Å². The zero-order valence-electron chi connectivity index (χ0n) is 11.3. The van der Waals surface area contributed by atoms with Gasteiger partial charge in [-0.05, 0) is 45.8 Å². The van der Waals surface area contributed by atoms with Crippen molar-refractivity contribution in [3.8, 4) is 0 Å². The first-order chi connectivity index (χ1) is 8.09. The highest BCUT2D eigenvalue weighted by Crippen LogP contribution is 2.23. The molecule has 2 heterocycles. The normalized spacial score (nSPS) is 33.6. The molecule has 2 fully saturated rings. The summed E-state index contributed by atoms with van der Waals surface area (Å²) in [4.78, 5) is 16.8. The summed E-state index contributed by atoms with van der Waals surface area (Å²) in [6, 6.07) is 0.491. The van der Waals surface area contributed by atoms with Gasteiger partial charge in [0.1, 0.15) is 0 Å². The molecule has 0 aromatic heterocycles. The Hall–Kier alpha value is -0.610. The van der Waals surface area contributed by atoms with Gasteiger partial charge in [0.05, 0.1) is 6.04 Å². The van der Waals surface area contributed by atoms with Gasteiger partial charge in [0.25, 0.3) is 0 Å². The molecule has 0 saturated carbocycles. The highest BCUT2D eigenvalue weighted by Gasteiger charge is 2.37. The second-order valence-corrected chi connectivity index (χ2v) is 5.79. The summed E-state index contributed by atoms with van der Waals surface area (Å²) in [7, 11) is 4.16. The standard InChI is InChI=1S/C13H25N3O/c1-10-6-7-14-12(10)13(17)16-8-4-5-11(16)9-15(2)3/h10-12,14H,4-9H2,1-3H3. The van der Waals surface area contributed by atoms with Crippen LogP contribution in [0.5, 0.6) is 0 Å². The van der Waals surface area contributed by atoms with E-state index in [1.54, 1.807) is 0 Å². The van der Waals surface area contributed by atoms with Crippen LogP contribution >= 0.6 is 0 Å². The van der Waals surface area contributed by atoms with Gasteiger partial charge in [0, 0.05) is 19.1 Å². The van der Waals surface area contributed by atoms with E-state index in [-0.39, 0.29) is 6.04 Å². The Morgan fingerprint density at radius 3 is 2.76 bits per heavy atom. The Labute approximate surface area is 104 Å². The topological polar surface area (TPSA) is 35.6 Å². The maximum atomic E-state index is 12.5. The van der Waals surface area contributed by atoms with Crippen LogP contribution in [0.25, 0.3) is 0 Å². The van der Waals surface area contributed by atoms with Gasteiger partial charge in [-0.15, -0.1) is 0 Å². The van der Waals surface area contributed by atoms with Crippen LogP contribution in [-0.2, 0) is 4.79 Å². The summed E-state index contributed by atoms with van der Waals surface area (Å²) in [6.07, 6.45) is 3.44. The Bertz CT molecular complexity index is 280. The molecule has 1 N–H and O–H groups in total. The highest BCUT2D eigenvalue weighted by molar-refractivity contribution is 5.83. The summed E-state index contributed by atoms with van der Waals surface area (Å²) >= 11 is 0. The van der Waals surface area contributed by atoms with Crippen molar-refractivity contribution in [2.45, 2.75) is 38.3 Å². The molecular weight excluding hydrogens is 214 g/mol. The molecule has 0 aliphatic carbocycles. The number of carbonyl (C=O) groups excluding carboxylic acids is 1. The molecule has 2 aliphatic rings. The molecule has 17 heavy (non-hydrogen) atoms. The summed E-state index contributed by atoms with van der Waals surface area (Å²) < 4.78 is 0. The van der Waals surface area contributed by atoms with E-state index in [0.717, 1.165) is 38.9 Å². The average Bonchev–Trinajstić information content (AvgIpc) is 2.85. The molecule has 2 aliphatic heterocycles. The maximum absolute atomic E-state index is 12.5. The first-order valence-electron chi connectivity index (χ1n) is 6.78. The minimum Gasteiger partial charge on any atom is -0.337 e. The number of nitrogens with one attached hydrogen (secondary N) is 1. The molecule has 3 unspecified atom stereocenters. The predicted octanol–water partition coefficient (Wildman–Crippen LogP) is 0.537. The Morgan fingerprint density at radius 1 is 1.41 bits per heavy atom. The van der Waals surface area contributed by atoms with Gasteiger partial charge in [0.2, 0.25) is 5.91 Å². The number of likely N-dealkylation sites (N-methyl/N-ethyl adjacent to an activating group) is 1. The molecule has 0 spiro atoms. The monoisotopic (exact) mass is 239 g/mol. The molecule has 4 nitrogen and oxygen atoms in total. The smallest absolute Gasteiger partial charge is 0.240 e. The zero-order valence-corrected chi connectivity index (χ0v) is 11.3. The van der Waals surface area contributed by atoms with Crippen molar-refractivity contribution in [3.05, 3.63) is 0 Å². The van der Waals surface area contributed by atoms with E-state index in [1.807, 2.05) is 0 Å². The summed E-state index contributed by atoms with van der Waals surface area (Å²) in [5.41, 5.74) is 0. The second-order valence-electron chi connectivity index (χ2n) is 5.79. The van der Waals surface area contributed by atoms with Gasteiger partial charge in [-0.2, -0.15) is 0 Å². The molecule has 3 atom stereocenters. The molecular formula is C13H25N3O. The SMILES string of the molecule is CC1CCNC1C(=O)N1CCCC1CN(C)C. The molecule has 0 bridgehead atoms. The van der Waals surface area contributed by atoms with Crippen LogP contribution in [0, 0.1) is 5.92 Å². The van der Waals surface area contributed by atoms with Crippen LogP contribution in [-0.4, -0.2) is 61.5 Å². The van der Waals surface area contributed by atoms with Crippen LogP contribution in [0.4, 0.5) is 0 Å². The van der Waals surface area contributed by atoms with Crippen molar-refractivity contribution in [1.82, 2.24) is 15.1 Å². The van der Waals surface area contributed by atoms with E-state index in [1.165, 1.54) is 0 Å². The van der Waals surface area contributed by atoms with Gasteiger partial charge in [-0.1, -0.05) is 6.92 Å². The van der Waals surface area contributed by atoms with Crippen LogP contribution in [0.15, 0.2) is 0 Å². The maximum Gasteiger partial charge on any atom is 0.240 e. The minimum atomic E-state index is 0.0674. The fraction of sp³-hybridized carbons (Fsp3) is 0.923. The molecule has 2 rings (SSSR count). The van der Waals surface area contributed by atoms with E-state index in [9.17, 15) is 4.79 Å². The summed E-state index contributed by atoms with van der Waals surface area (Å²) in [6.45, 7) is 5.11. The van der Waals surface area contributed by atoms with Crippen LogP contribution in [0.3, 0.4) is 0 Å². The number of nitrogens with zero attached hydrogens (tertiary/aromatic N) is 2. The molecule has 0 radical (unpaired) electrons. The van der Waals surface area contributed by atoms with Gasteiger partial charge in [-0.3, -0.25) is 4.79 Å². The van der Waals surface area contributed by atoms with Crippen LogP contribution < -0.4 is 5.32 Å². The van der Waals surface area contributed by atoms with E-state index in [2.05, 4.69) is 36.1 Å². The lowest BCUT2D eigenvalue weighted by atomic mass is 10.0. The Morgan fingerprint density at radius 2 is 2.18 bits per heavy atom. The van der Waals surface area contributed by atoms with E-state index >= 15 is 0 Å². The second kappa shape index (κ2) is 5.36. The number of hydrogen-bond acceptors (Lipinski definition) is 3. The minimum absolute atomic E-state index is 0.0674. The number of likely N-dealkylation sites (tertiary alicyclic amines) is 1. The zero-order chi connectivity index (χ0) is 12.4. The van der Waals surface area contributed by atoms with Gasteiger partial charge in [-0.25, -0.2) is 0 Å². The first-order valence-corrected chi connectivity index (χ1v) is 6.78. The number of hydrogen-bond donors (Lipinski definition) is 1. The lowest BCUT2D eigenvalue weighted by Gasteiger charge is -2.30. The van der Waals surface area contributed by atoms with Crippen molar-refractivity contribution < 1.29 is 4.79 Å². The van der Waals surface area contributed by atoms with E-state index < -0.39 is 0 Å². The quantitative estimate of drug-likeness (QED) is 0.781. The van der Waals surface area contributed by atoms with Crippen LogP contribution in [0.1, 0.15) is 26.2 Å². The van der Waals surface area contributed by atoms with Gasteiger partial charge >= 0.3 is 0 Å². The molecule has 4 heteroatoms. The van der Waals surface area contributed by atoms with Crippen molar-refractivity contribution in [3.63, 3.8) is 0 Å². The van der Waals surface area contributed by atoms with E-state index in [0.29, 0.717) is 17.9 Å². The third-order valence-corrected chi connectivity index (χ3v) is 4.04. The van der Waals surface area contributed by atoms with Gasteiger partial charge in [0.15, 0.2) is 0 Å². The fourth-order valence-electron chi connectivity index (χ4n) is 3.08. The van der Waals surface area contributed by atoms with Crippen molar-refractivity contribution in [2.24, 2.45) is 5.92 Å². The molecule has 0 aromatic rings. The molecule has 0 aromatic carbocycles. The number of amides is 1. The third-order valence-electron chi connectivity index (χ3n) is 4.04. The third kappa shape index (κ3) is 2.80. The summed E-state index contributed by atoms with van der Waals surface area (Å²) in [5.74, 6) is 0.822. The van der Waals surface area contributed by atoms with Crippen molar-refractivity contribution in [1.29, 1.82) is 0 Å². The molecule has 2 saturated heterocycles. The van der Waals surface area contributed by atoms with Gasteiger partial charge < -0.3 is 15.1 Å². The number of carbonyl (C=O) groups is 1. The average molecular weight is 239 g/mol. The Balaban J connectivity index is 1.97. The molecule has 1 amide bonds. The Kier molecular flexibility index (Phi) is 4.05. The lowest BCUT2D eigenvalue weighted by molar-refractivity contribution is -0.135. The lowest BCUT2D eigenvalue weighted by Crippen LogP contribution is -2.50. The highest BCUT2D eigenvalue weighted by atomic mass is 16.2. The molecule has 98 valence electrons. The largest absolute Gasteiger partial charge is 0.337 e. The van der Waals surface area contributed by atoms with E-state index in [4.69, 9.17) is 0 Å². The number of rotatable bonds is 3. The summed E-state index contributed by atoms with van der Waals surface area (Å²) in [5, 5.41) is 3.35. The predicted molar refractivity (Wildman–Crippen MR) is 68.9 cm³/mol. The fourth-order valence-corrected chi connectivity index (χ4v) is 3.08. The first kappa shape index (κ1) is 12.8. The van der Waals surface area contributed by atoms with Crippen molar-refractivity contribution in [2.75, 3.05) is 33.7 Å². The van der Waals surface area contributed by atoms with Crippen molar-refractivity contribution >= 4 is 5.91 Å².